The average Bonchev–Trinajstić information content (AvgIpc) is 3.55. The van der Waals surface area contributed by atoms with Gasteiger partial charge in [-0.1, -0.05) is 13.3 Å². The molecule has 0 aromatic carbocycles. The predicted molar refractivity (Wildman–Crippen MR) is 111 cm³/mol. The molecule has 1 unspecified atom stereocenters. The maximum absolute atomic E-state index is 13.2. The number of hydrogen-bond donors (Lipinski definition) is 2. The molecule has 3 N–H and O–H groups in total. The van der Waals surface area contributed by atoms with Gasteiger partial charge in [0, 0.05) is 25.2 Å². The Kier molecular flexibility index (Phi) is 6.27. The van der Waals surface area contributed by atoms with Crippen LogP contribution in [0.2, 0.25) is 0 Å². The number of likely N-dealkylation sites (N-methyl/N-ethyl adjacent to an activating group) is 1. The lowest BCUT2D eigenvalue weighted by Crippen LogP contribution is -2.48. The number of anilines is 2. The molecule has 1 aromatic heterocycles. The number of unbranched alkanes of at least 4 members (excludes halogenated alkanes) is 1. The molecule has 1 aromatic rings. The first kappa shape index (κ1) is 20.6. The normalized spacial score (nSPS) is 17.7. The van der Waals surface area contributed by atoms with Crippen LogP contribution in [0, 0.1) is 5.92 Å². The zero-order valence-electron chi connectivity index (χ0n) is 17.2. The van der Waals surface area contributed by atoms with E-state index in [1.54, 1.807) is 0 Å². The van der Waals surface area contributed by atoms with Crippen molar-refractivity contribution in [2.24, 2.45) is 5.92 Å². The van der Waals surface area contributed by atoms with Gasteiger partial charge < -0.3 is 10.6 Å². The predicted octanol–water partition coefficient (Wildman–Crippen LogP) is 1.53. The molecule has 156 valence electrons. The summed E-state index contributed by atoms with van der Waals surface area (Å²) in [6.45, 7) is 7.07. The molecule has 3 rings (SSSR count). The zero-order valence-corrected chi connectivity index (χ0v) is 17.2. The monoisotopic (exact) mass is 391 g/mol. The molecule has 1 heterocycles. The minimum atomic E-state index is -0.598. The lowest BCUT2D eigenvalue weighted by molar-refractivity contribution is -0.120. The summed E-state index contributed by atoms with van der Waals surface area (Å²) in [5, 5.41) is 0. The molecule has 8 nitrogen and oxygen atoms in total. The van der Waals surface area contributed by atoms with E-state index in [-0.39, 0.29) is 24.0 Å². The first-order valence-corrected chi connectivity index (χ1v) is 10.6. The Morgan fingerprint density at radius 3 is 2.46 bits per heavy atom. The number of aromatic nitrogens is 2. The van der Waals surface area contributed by atoms with Crippen molar-refractivity contribution in [1.82, 2.24) is 14.5 Å². The third-order valence-electron chi connectivity index (χ3n) is 6.00. The average molecular weight is 392 g/mol. The van der Waals surface area contributed by atoms with Crippen molar-refractivity contribution in [3.05, 3.63) is 20.8 Å². The van der Waals surface area contributed by atoms with E-state index in [1.807, 2.05) is 13.8 Å². The molecule has 1 amide bonds. The van der Waals surface area contributed by atoms with Crippen molar-refractivity contribution in [3.8, 4) is 0 Å². The van der Waals surface area contributed by atoms with Crippen LogP contribution >= 0.6 is 0 Å². The molecule has 28 heavy (non-hydrogen) atoms. The second-order valence-corrected chi connectivity index (χ2v) is 8.12. The van der Waals surface area contributed by atoms with Crippen LogP contribution in [0.5, 0.6) is 0 Å². The number of amides is 1. The van der Waals surface area contributed by atoms with E-state index in [4.69, 9.17) is 5.73 Å². The Hall–Kier alpha value is -2.09. The molecule has 8 heteroatoms. The van der Waals surface area contributed by atoms with Crippen LogP contribution in [-0.2, 0) is 11.3 Å². The van der Waals surface area contributed by atoms with Gasteiger partial charge in [0.15, 0.2) is 5.69 Å². The number of rotatable bonds is 10. The summed E-state index contributed by atoms with van der Waals surface area (Å²) < 4.78 is 1.36. The van der Waals surface area contributed by atoms with Crippen molar-refractivity contribution < 1.29 is 4.79 Å². The molecule has 2 fully saturated rings. The summed E-state index contributed by atoms with van der Waals surface area (Å²) >= 11 is 0. The van der Waals surface area contributed by atoms with Crippen molar-refractivity contribution in [2.75, 3.05) is 23.7 Å². The van der Waals surface area contributed by atoms with Gasteiger partial charge in [-0.15, -0.1) is 0 Å². The Morgan fingerprint density at radius 2 is 1.93 bits per heavy atom. The van der Waals surface area contributed by atoms with Gasteiger partial charge in [0.1, 0.15) is 5.82 Å². The van der Waals surface area contributed by atoms with E-state index in [9.17, 15) is 14.4 Å². The van der Waals surface area contributed by atoms with Crippen LogP contribution in [0.1, 0.15) is 59.3 Å². The number of carbonyl (C=O) groups excluding carboxylic acids is 1. The minimum absolute atomic E-state index is 0.0746. The van der Waals surface area contributed by atoms with Crippen molar-refractivity contribution in [3.63, 3.8) is 0 Å². The number of H-pyrrole nitrogens is 1. The second-order valence-electron chi connectivity index (χ2n) is 8.12. The second kappa shape index (κ2) is 8.51. The van der Waals surface area contributed by atoms with Crippen molar-refractivity contribution >= 4 is 17.4 Å². The number of hydrogen-bond acceptors (Lipinski definition) is 5. The van der Waals surface area contributed by atoms with Crippen LogP contribution in [0.3, 0.4) is 0 Å². The molecule has 0 spiro atoms. The number of aromatic amines is 1. The van der Waals surface area contributed by atoms with Gasteiger partial charge in [-0.3, -0.25) is 24.0 Å². The summed E-state index contributed by atoms with van der Waals surface area (Å²) in [5.74, 6) is 0.610. The lowest BCUT2D eigenvalue weighted by Gasteiger charge is -2.31. The maximum atomic E-state index is 13.2. The third-order valence-corrected chi connectivity index (χ3v) is 6.00. The maximum Gasteiger partial charge on any atom is 0.330 e. The molecule has 2 aliphatic carbocycles. The molecule has 0 radical (unpaired) electrons. The molecule has 2 saturated carbocycles. The van der Waals surface area contributed by atoms with Gasteiger partial charge in [0.2, 0.25) is 5.91 Å². The van der Waals surface area contributed by atoms with E-state index >= 15 is 0 Å². The van der Waals surface area contributed by atoms with Crippen LogP contribution in [0.15, 0.2) is 9.59 Å². The van der Waals surface area contributed by atoms with E-state index in [2.05, 4.69) is 16.8 Å². The molecule has 2 aliphatic rings. The first-order valence-electron chi connectivity index (χ1n) is 10.6. The molecular weight excluding hydrogens is 358 g/mol. The van der Waals surface area contributed by atoms with Gasteiger partial charge in [0.05, 0.1) is 6.54 Å². The van der Waals surface area contributed by atoms with Crippen LogP contribution in [0.25, 0.3) is 0 Å². The first-order chi connectivity index (χ1) is 13.4. The summed E-state index contributed by atoms with van der Waals surface area (Å²) in [4.78, 5) is 43.9. The topological polar surface area (TPSA) is 104 Å². The van der Waals surface area contributed by atoms with E-state index < -0.39 is 11.2 Å². The van der Waals surface area contributed by atoms with Gasteiger partial charge >= 0.3 is 5.69 Å². The fourth-order valence-electron chi connectivity index (χ4n) is 3.94. The highest BCUT2D eigenvalue weighted by atomic mass is 16.2. The number of nitrogens with one attached hydrogen (secondary N) is 1. The highest BCUT2D eigenvalue weighted by Gasteiger charge is 2.40. The Labute approximate surface area is 165 Å². The SMILES string of the molecule is CCCCn1c(N)c(N(CC)C(=O)CN(C2CC2)C(C)C2CC2)c(=O)[nH]c1=O. The quantitative estimate of drug-likeness (QED) is 0.629. The van der Waals surface area contributed by atoms with E-state index in [0.717, 1.165) is 25.7 Å². The third kappa shape index (κ3) is 4.32. The highest BCUT2D eigenvalue weighted by molar-refractivity contribution is 5.96. The molecule has 0 saturated heterocycles. The van der Waals surface area contributed by atoms with Gasteiger partial charge in [0.25, 0.3) is 5.56 Å². The Morgan fingerprint density at radius 1 is 1.25 bits per heavy atom. The summed E-state index contributed by atoms with van der Waals surface area (Å²) in [6.07, 6.45) is 6.37. The smallest absolute Gasteiger partial charge is 0.330 e. The fraction of sp³-hybridized carbons (Fsp3) is 0.750. The molecule has 0 bridgehead atoms. The Bertz CT molecular complexity index is 822. The minimum Gasteiger partial charge on any atom is -0.383 e. The molecular formula is C20H33N5O3. The van der Waals surface area contributed by atoms with Crippen LogP contribution in [0.4, 0.5) is 11.5 Å². The molecule has 0 aliphatic heterocycles. The summed E-state index contributed by atoms with van der Waals surface area (Å²) in [6, 6.07) is 0.844. The van der Waals surface area contributed by atoms with Crippen LogP contribution in [-0.4, -0.2) is 45.5 Å². The van der Waals surface area contributed by atoms with Gasteiger partial charge in [-0.25, -0.2) is 4.79 Å². The number of nitrogens with zero attached hydrogens (tertiary/aromatic N) is 3. The largest absolute Gasteiger partial charge is 0.383 e. The molecule has 1 atom stereocenters. The van der Waals surface area contributed by atoms with Gasteiger partial charge in [-0.2, -0.15) is 0 Å². The van der Waals surface area contributed by atoms with E-state index in [0.29, 0.717) is 31.1 Å². The number of nitrogen functional groups attached to an aromatic ring is 1. The van der Waals surface area contributed by atoms with Crippen LogP contribution < -0.4 is 21.9 Å². The summed E-state index contributed by atoms with van der Waals surface area (Å²) in [7, 11) is 0. The van der Waals surface area contributed by atoms with Crippen molar-refractivity contribution in [1.29, 1.82) is 0 Å². The van der Waals surface area contributed by atoms with E-state index in [1.165, 1.54) is 22.3 Å². The number of nitrogens with two attached hydrogens (primary N) is 1. The Balaban J connectivity index is 1.86. The van der Waals surface area contributed by atoms with Gasteiger partial charge in [-0.05, 0) is 51.9 Å². The highest BCUT2D eigenvalue weighted by Crippen LogP contribution is 2.39. The van der Waals surface area contributed by atoms with Crippen molar-refractivity contribution in [2.45, 2.75) is 77.9 Å². The summed E-state index contributed by atoms with van der Waals surface area (Å²) in [5.41, 5.74) is 5.17. The number of carbonyl (C=O) groups is 1. The standard InChI is InChI=1S/C20H33N5O3/c1-4-6-11-24-18(21)17(19(27)22-20(24)28)23(5-2)16(26)12-25(15-9-10-15)13(3)14-7-8-14/h13-15H,4-12,21H2,1-3H3,(H,22,27,28). The lowest BCUT2D eigenvalue weighted by atomic mass is 10.1. The fourth-order valence-corrected chi connectivity index (χ4v) is 3.94. The zero-order chi connectivity index (χ0) is 20.4.